The highest BCUT2D eigenvalue weighted by molar-refractivity contribution is 5.91. The largest absolute Gasteiger partial charge is 0.508 e. The molecule has 0 atom stereocenters. The Kier molecular flexibility index (Phi) is 3.12. The Morgan fingerprint density at radius 3 is 2.25 bits per heavy atom. The molecule has 0 heterocycles. The fraction of sp³-hybridized carbons (Fsp3) is 0.417. The van der Waals surface area contributed by atoms with Gasteiger partial charge >= 0.3 is 5.97 Å². The zero-order valence-electron chi connectivity index (χ0n) is 9.87. The molecule has 0 bridgehead atoms. The SMILES string of the molecule is COc1cc(C(C)(C)C)c(O)cc1C(=O)O. The molecule has 2 N–H and O–H groups in total. The first-order valence-corrected chi connectivity index (χ1v) is 4.92. The van der Waals surface area contributed by atoms with Crippen LogP contribution in [-0.2, 0) is 5.41 Å². The van der Waals surface area contributed by atoms with Crippen LogP contribution in [0.5, 0.6) is 11.5 Å². The molecule has 0 amide bonds. The van der Waals surface area contributed by atoms with Gasteiger partial charge in [-0.3, -0.25) is 0 Å². The maximum absolute atomic E-state index is 10.9. The maximum Gasteiger partial charge on any atom is 0.339 e. The average molecular weight is 224 g/mol. The summed E-state index contributed by atoms with van der Waals surface area (Å²) in [5.74, 6) is -0.881. The number of phenolic OH excluding ortho intramolecular Hbond substituents is 1. The molecule has 0 aliphatic rings. The predicted molar refractivity (Wildman–Crippen MR) is 60.3 cm³/mol. The number of aromatic carboxylic acids is 1. The van der Waals surface area contributed by atoms with Crippen LogP contribution in [0.4, 0.5) is 0 Å². The molecule has 1 rings (SSSR count). The van der Waals surface area contributed by atoms with E-state index >= 15 is 0 Å². The number of rotatable bonds is 2. The van der Waals surface area contributed by atoms with Crippen molar-refractivity contribution in [2.45, 2.75) is 26.2 Å². The molecule has 88 valence electrons. The molecule has 1 aromatic rings. The van der Waals surface area contributed by atoms with Gasteiger partial charge in [-0.25, -0.2) is 4.79 Å². The minimum absolute atomic E-state index is 0.0225. The Labute approximate surface area is 94.5 Å². The molecule has 0 aliphatic carbocycles. The fourth-order valence-corrected chi connectivity index (χ4v) is 1.51. The Balaban J connectivity index is 3.43. The van der Waals surface area contributed by atoms with E-state index in [9.17, 15) is 9.90 Å². The Morgan fingerprint density at radius 1 is 1.31 bits per heavy atom. The van der Waals surface area contributed by atoms with E-state index in [1.165, 1.54) is 13.2 Å². The van der Waals surface area contributed by atoms with Crippen LogP contribution in [0, 0.1) is 0 Å². The van der Waals surface area contributed by atoms with Gasteiger partial charge in [-0.2, -0.15) is 0 Å². The predicted octanol–water partition coefficient (Wildman–Crippen LogP) is 2.40. The molecule has 4 nitrogen and oxygen atoms in total. The number of carbonyl (C=O) groups is 1. The van der Waals surface area contributed by atoms with Crippen molar-refractivity contribution >= 4 is 5.97 Å². The minimum Gasteiger partial charge on any atom is -0.508 e. The zero-order chi connectivity index (χ0) is 12.5. The molecule has 1 aromatic carbocycles. The summed E-state index contributed by atoms with van der Waals surface area (Å²) in [4.78, 5) is 10.9. The van der Waals surface area contributed by atoms with Crippen molar-refractivity contribution in [3.05, 3.63) is 23.3 Å². The van der Waals surface area contributed by atoms with Gasteiger partial charge in [-0.1, -0.05) is 20.8 Å². The van der Waals surface area contributed by atoms with Gasteiger partial charge in [0.25, 0.3) is 0 Å². The topological polar surface area (TPSA) is 66.8 Å². The molecule has 0 unspecified atom stereocenters. The summed E-state index contributed by atoms with van der Waals surface area (Å²) in [5.41, 5.74) is 0.358. The number of hydrogen-bond acceptors (Lipinski definition) is 3. The molecular formula is C12H16O4. The van der Waals surface area contributed by atoms with Gasteiger partial charge in [0, 0.05) is 5.56 Å². The van der Waals surface area contributed by atoms with Gasteiger partial charge in [0.15, 0.2) is 0 Å². The lowest BCUT2D eigenvalue weighted by molar-refractivity contribution is 0.0692. The number of methoxy groups -OCH3 is 1. The number of ether oxygens (including phenoxy) is 1. The number of benzene rings is 1. The van der Waals surface area contributed by atoms with E-state index < -0.39 is 5.97 Å². The smallest absolute Gasteiger partial charge is 0.339 e. The van der Waals surface area contributed by atoms with Crippen molar-refractivity contribution in [3.63, 3.8) is 0 Å². The van der Waals surface area contributed by atoms with E-state index in [4.69, 9.17) is 9.84 Å². The third kappa shape index (κ3) is 2.27. The van der Waals surface area contributed by atoms with E-state index in [2.05, 4.69) is 0 Å². The summed E-state index contributed by atoms with van der Waals surface area (Å²) in [5, 5.41) is 18.7. The van der Waals surface area contributed by atoms with Crippen molar-refractivity contribution in [3.8, 4) is 11.5 Å². The lowest BCUT2D eigenvalue weighted by Crippen LogP contribution is -2.13. The summed E-state index contributed by atoms with van der Waals surface area (Å²) >= 11 is 0. The third-order valence-corrected chi connectivity index (χ3v) is 2.36. The van der Waals surface area contributed by atoms with Crippen LogP contribution >= 0.6 is 0 Å². The monoisotopic (exact) mass is 224 g/mol. The number of carboxylic acids is 1. The van der Waals surface area contributed by atoms with Crippen LogP contribution in [0.2, 0.25) is 0 Å². The second-order valence-corrected chi connectivity index (χ2v) is 4.62. The van der Waals surface area contributed by atoms with Gasteiger partial charge in [0.1, 0.15) is 17.1 Å². The van der Waals surface area contributed by atoms with Crippen molar-refractivity contribution < 1.29 is 19.7 Å². The molecule has 16 heavy (non-hydrogen) atoms. The Morgan fingerprint density at radius 2 is 1.88 bits per heavy atom. The van der Waals surface area contributed by atoms with Gasteiger partial charge in [-0.05, 0) is 17.5 Å². The minimum atomic E-state index is -1.12. The van der Waals surface area contributed by atoms with Crippen LogP contribution in [-0.4, -0.2) is 23.3 Å². The molecule has 0 radical (unpaired) electrons. The first-order chi connectivity index (χ1) is 7.27. The first kappa shape index (κ1) is 12.4. The molecule has 0 fully saturated rings. The molecular weight excluding hydrogens is 208 g/mol. The normalized spacial score (nSPS) is 11.2. The zero-order valence-corrected chi connectivity index (χ0v) is 9.87. The van der Waals surface area contributed by atoms with Crippen LogP contribution in [0.15, 0.2) is 12.1 Å². The van der Waals surface area contributed by atoms with E-state index in [1.807, 2.05) is 20.8 Å². The summed E-state index contributed by atoms with van der Waals surface area (Å²) in [6.07, 6.45) is 0. The highest BCUT2D eigenvalue weighted by Crippen LogP contribution is 2.35. The lowest BCUT2D eigenvalue weighted by Gasteiger charge is -2.21. The van der Waals surface area contributed by atoms with Crippen molar-refractivity contribution in [1.29, 1.82) is 0 Å². The van der Waals surface area contributed by atoms with Crippen LogP contribution < -0.4 is 4.74 Å². The van der Waals surface area contributed by atoms with Gasteiger partial charge in [-0.15, -0.1) is 0 Å². The van der Waals surface area contributed by atoms with Crippen LogP contribution in [0.3, 0.4) is 0 Å². The van der Waals surface area contributed by atoms with Gasteiger partial charge in [0.2, 0.25) is 0 Å². The lowest BCUT2D eigenvalue weighted by atomic mass is 9.85. The van der Waals surface area contributed by atoms with E-state index in [1.54, 1.807) is 6.07 Å². The Hall–Kier alpha value is -1.71. The number of hydrogen-bond donors (Lipinski definition) is 2. The van der Waals surface area contributed by atoms with Crippen molar-refractivity contribution in [2.75, 3.05) is 7.11 Å². The molecule has 0 aromatic heterocycles. The fourth-order valence-electron chi connectivity index (χ4n) is 1.51. The van der Waals surface area contributed by atoms with E-state index in [-0.39, 0.29) is 22.5 Å². The van der Waals surface area contributed by atoms with Crippen LogP contribution in [0.1, 0.15) is 36.7 Å². The highest BCUT2D eigenvalue weighted by atomic mass is 16.5. The number of carboxylic acid groups (broad SMARTS) is 1. The highest BCUT2D eigenvalue weighted by Gasteiger charge is 2.22. The standard InChI is InChI=1S/C12H16O4/c1-12(2,3)8-6-10(16-4)7(11(14)15)5-9(8)13/h5-6,13H,1-4H3,(H,14,15). The second-order valence-electron chi connectivity index (χ2n) is 4.62. The summed E-state index contributed by atoms with van der Waals surface area (Å²) in [7, 11) is 1.41. The summed E-state index contributed by atoms with van der Waals surface area (Å²) in [6.45, 7) is 5.80. The van der Waals surface area contributed by atoms with Gasteiger partial charge in [0.05, 0.1) is 7.11 Å². The average Bonchev–Trinajstić information content (AvgIpc) is 2.15. The Bertz CT molecular complexity index is 416. The molecule has 0 saturated heterocycles. The van der Waals surface area contributed by atoms with Crippen LogP contribution in [0.25, 0.3) is 0 Å². The van der Waals surface area contributed by atoms with Crippen molar-refractivity contribution in [1.82, 2.24) is 0 Å². The third-order valence-electron chi connectivity index (χ3n) is 2.36. The molecule has 0 spiro atoms. The number of phenols is 1. The number of aromatic hydroxyl groups is 1. The maximum atomic E-state index is 10.9. The molecule has 4 heteroatoms. The molecule has 0 aliphatic heterocycles. The summed E-state index contributed by atoms with van der Waals surface area (Å²) < 4.78 is 5.01. The second kappa shape index (κ2) is 4.04. The summed E-state index contributed by atoms with van der Waals surface area (Å²) in [6, 6.07) is 2.79. The van der Waals surface area contributed by atoms with E-state index in [0.29, 0.717) is 5.56 Å². The first-order valence-electron chi connectivity index (χ1n) is 4.92. The van der Waals surface area contributed by atoms with E-state index in [0.717, 1.165) is 0 Å². The van der Waals surface area contributed by atoms with Gasteiger partial charge < -0.3 is 14.9 Å². The quantitative estimate of drug-likeness (QED) is 0.809. The van der Waals surface area contributed by atoms with Crippen molar-refractivity contribution in [2.24, 2.45) is 0 Å². The molecule has 0 saturated carbocycles.